The van der Waals surface area contributed by atoms with Gasteiger partial charge in [0.05, 0.1) is 0 Å². The molecule has 0 spiro atoms. The van der Waals surface area contributed by atoms with Gasteiger partial charge in [-0.2, -0.15) is 5.26 Å². The Morgan fingerprint density at radius 1 is 1.38 bits per heavy atom. The van der Waals surface area contributed by atoms with Gasteiger partial charge in [-0.3, -0.25) is 0 Å². The van der Waals surface area contributed by atoms with Gasteiger partial charge >= 0.3 is 0 Å². The first-order valence-electron chi connectivity index (χ1n) is 3.83. The second-order valence-corrected chi connectivity index (χ2v) is 2.70. The summed E-state index contributed by atoms with van der Waals surface area (Å²) in [6.07, 6.45) is 5.36. The van der Waals surface area contributed by atoms with Crippen molar-refractivity contribution in [2.75, 3.05) is 5.73 Å². The van der Waals surface area contributed by atoms with Crippen LogP contribution in [-0.2, 0) is 0 Å². The van der Waals surface area contributed by atoms with Crippen LogP contribution in [0.15, 0.2) is 24.7 Å². The maximum absolute atomic E-state index is 8.83. The molecule has 4 heteroatoms. The molecule has 0 aromatic carbocycles. The molecule has 0 saturated heterocycles. The molecule has 4 N–H and O–H groups in total. The Labute approximate surface area is 75.0 Å². The number of nitrogens with zero attached hydrogens (tertiary/aromatic N) is 1. The van der Waals surface area contributed by atoms with Gasteiger partial charge in [-0.25, -0.2) is 0 Å². The van der Waals surface area contributed by atoms with Crippen LogP contribution in [0.1, 0.15) is 5.56 Å². The number of aromatic amines is 2. The first-order chi connectivity index (χ1) is 6.33. The van der Waals surface area contributed by atoms with E-state index in [0.717, 1.165) is 11.1 Å². The largest absolute Gasteiger partial charge is 0.384 e. The van der Waals surface area contributed by atoms with E-state index in [4.69, 9.17) is 11.0 Å². The third kappa shape index (κ3) is 1.07. The average molecular weight is 172 g/mol. The molecule has 0 aliphatic rings. The second kappa shape index (κ2) is 2.72. The summed E-state index contributed by atoms with van der Waals surface area (Å²) in [6, 6.07) is 3.95. The van der Waals surface area contributed by atoms with E-state index in [2.05, 4.69) is 16.0 Å². The lowest BCUT2D eigenvalue weighted by atomic mass is 10.1. The van der Waals surface area contributed by atoms with Crippen LogP contribution in [0.25, 0.3) is 11.1 Å². The van der Waals surface area contributed by atoms with E-state index in [0.29, 0.717) is 11.4 Å². The summed E-state index contributed by atoms with van der Waals surface area (Å²) in [5.74, 6) is 0.415. The summed E-state index contributed by atoms with van der Waals surface area (Å²) in [5.41, 5.74) is 7.87. The molecule has 0 bridgehead atoms. The molecule has 0 atom stereocenters. The molecule has 0 aliphatic heterocycles. The van der Waals surface area contributed by atoms with Gasteiger partial charge < -0.3 is 15.7 Å². The minimum absolute atomic E-state index is 0.415. The average Bonchev–Trinajstić information content (AvgIpc) is 2.71. The van der Waals surface area contributed by atoms with Gasteiger partial charge in [0.1, 0.15) is 17.5 Å². The molecule has 0 unspecified atom stereocenters. The SMILES string of the molecule is N#Cc1c(-c2cc[nH]c2)c[nH]c1N. The van der Waals surface area contributed by atoms with Gasteiger partial charge in [-0.05, 0) is 6.07 Å². The number of aromatic nitrogens is 2. The van der Waals surface area contributed by atoms with E-state index in [1.165, 1.54) is 0 Å². The van der Waals surface area contributed by atoms with Crippen molar-refractivity contribution >= 4 is 5.82 Å². The third-order valence-electron chi connectivity index (χ3n) is 1.93. The van der Waals surface area contributed by atoms with Crippen molar-refractivity contribution in [3.05, 3.63) is 30.2 Å². The maximum atomic E-state index is 8.83. The van der Waals surface area contributed by atoms with Crippen molar-refractivity contribution in [1.82, 2.24) is 9.97 Å². The number of nitrogens with one attached hydrogen (secondary N) is 2. The zero-order valence-electron chi connectivity index (χ0n) is 6.83. The van der Waals surface area contributed by atoms with E-state index < -0.39 is 0 Å². The maximum Gasteiger partial charge on any atom is 0.119 e. The van der Waals surface area contributed by atoms with Gasteiger partial charge in [0.25, 0.3) is 0 Å². The summed E-state index contributed by atoms with van der Waals surface area (Å²) >= 11 is 0. The Hall–Kier alpha value is -2.15. The van der Waals surface area contributed by atoms with Crippen LogP contribution in [-0.4, -0.2) is 9.97 Å². The summed E-state index contributed by atoms with van der Waals surface area (Å²) in [7, 11) is 0. The Morgan fingerprint density at radius 2 is 2.23 bits per heavy atom. The van der Waals surface area contributed by atoms with E-state index in [9.17, 15) is 0 Å². The Kier molecular flexibility index (Phi) is 1.57. The molecule has 13 heavy (non-hydrogen) atoms. The van der Waals surface area contributed by atoms with Crippen LogP contribution in [0.3, 0.4) is 0 Å². The predicted octanol–water partition coefficient (Wildman–Crippen LogP) is 1.46. The fourth-order valence-corrected chi connectivity index (χ4v) is 1.28. The van der Waals surface area contributed by atoms with Crippen LogP contribution in [0.2, 0.25) is 0 Å². The van der Waals surface area contributed by atoms with Gasteiger partial charge in [-0.15, -0.1) is 0 Å². The van der Waals surface area contributed by atoms with E-state index >= 15 is 0 Å². The van der Waals surface area contributed by atoms with E-state index in [1.807, 2.05) is 12.3 Å². The number of H-pyrrole nitrogens is 2. The van der Waals surface area contributed by atoms with Crippen molar-refractivity contribution < 1.29 is 0 Å². The molecule has 2 aromatic heterocycles. The number of hydrogen-bond acceptors (Lipinski definition) is 2. The van der Waals surface area contributed by atoms with Crippen molar-refractivity contribution in [2.45, 2.75) is 0 Å². The predicted molar refractivity (Wildman–Crippen MR) is 49.7 cm³/mol. The zero-order chi connectivity index (χ0) is 9.26. The third-order valence-corrected chi connectivity index (χ3v) is 1.93. The smallest absolute Gasteiger partial charge is 0.119 e. The van der Waals surface area contributed by atoms with Gasteiger partial charge in [0, 0.05) is 29.7 Å². The molecule has 0 saturated carbocycles. The minimum atomic E-state index is 0.415. The highest BCUT2D eigenvalue weighted by Crippen LogP contribution is 2.26. The van der Waals surface area contributed by atoms with E-state index in [1.54, 1.807) is 12.4 Å². The first kappa shape index (κ1) is 7.50. The van der Waals surface area contributed by atoms with Crippen LogP contribution in [0, 0.1) is 11.3 Å². The van der Waals surface area contributed by atoms with Crippen molar-refractivity contribution in [3.8, 4) is 17.2 Å². The number of hydrogen-bond donors (Lipinski definition) is 3. The number of nitrogen functional groups attached to an aromatic ring is 1. The van der Waals surface area contributed by atoms with Crippen molar-refractivity contribution in [3.63, 3.8) is 0 Å². The minimum Gasteiger partial charge on any atom is -0.384 e. The second-order valence-electron chi connectivity index (χ2n) is 2.70. The van der Waals surface area contributed by atoms with Crippen LogP contribution in [0.5, 0.6) is 0 Å². The van der Waals surface area contributed by atoms with Crippen LogP contribution >= 0.6 is 0 Å². The molecule has 0 fully saturated rings. The zero-order valence-corrected chi connectivity index (χ0v) is 6.83. The molecule has 0 amide bonds. The normalized spacial score (nSPS) is 9.77. The highest BCUT2D eigenvalue weighted by Gasteiger charge is 2.09. The fraction of sp³-hybridized carbons (Fsp3) is 0. The summed E-state index contributed by atoms with van der Waals surface area (Å²) in [6.45, 7) is 0. The number of nitriles is 1. The summed E-state index contributed by atoms with van der Waals surface area (Å²) in [5, 5.41) is 8.83. The molecule has 0 aliphatic carbocycles. The Bertz CT molecular complexity index is 444. The molecule has 2 rings (SSSR count). The molecular formula is C9H8N4. The summed E-state index contributed by atoms with van der Waals surface area (Å²) < 4.78 is 0. The lowest BCUT2D eigenvalue weighted by Crippen LogP contribution is -1.87. The Balaban J connectivity index is 2.60. The molecule has 0 radical (unpaired) electrons. The molecule has 2 aromatic rings. The number of nitrogens with two attached hydrogens (primary N) is 1. The highest BCUT2D eigenvalue weighted by atomic mass is 14.8. The monoisotopic (exact) mass is 172 g/mol. The summed E-state index contributed by atoms with van der Waals surface area (Å²) in [4.78, 5) is 5.74. The molecule has 4 nitrogen and oxygen atoms in total. The molecule has 64 valence electrons. The number of rotatable bonds is 1. The lowest BCUT2D eigenvalue weighted by Gasteiger charge is -1.91. The van der Waals surface area contributed by atoms with Gasteiger partial charge in [-0.1, -0.05) is 0 Å². The van der Waals surface area contributed by atoms with Crippen LogP contribution in [0.4, 0.5) is 5.82 Å². The van der Waals surface area contributed by atoms with E-state index in [-0.39, 0.29) is 0 Å². The van der Waals surface area contributed by atoms with Crippen LogP contribution < -0.4 is 5.73 Å². The highest BCUT2D eigenvalue weighted by molar-refractivity contribution is 5.75. The van der Waals surface area contributed by atoms with Crippen molar-refractivity contribution in [1.29, 1.82) is 5.26 Å². The Morgan fingerprint density at radius 3 is 2.85 bits per heavy atom. The lowest BCUT2D eigenvalue weighted by molar-refractivity contribution is 1.40. The number of anilines is 1. The molecule has 2 heterocycles. The first-order valence-corrected chi connectivity index (χ1v) is 3.83. The topological polar surface area (TPSA) is 81.4 Å². The van der Waals surface area contributed by atoms with Gasteiger partial charge in [0.2, 0.25) is 0 Å². The quantitative estimate of drug-likeness (QED) is 0.608. The van der Waals surface area contributed by atoms with Crippen molar-refractivity contribution in [2.24, 2.45) is 0 Å². The standard InChI is InChI=1S/C9H8N4/c10-3-7-8(5-13-9(7)11)6-1-2-12-4-6/h1-2,4-5,12-13H,11H2. The fourth-order valence-electron chi connectivity index (χ4n) is 1.28. The molecular weight excluding hydrogens is 164 g/mol. The van der Waals surface area contributed by atoms with Gasteiger partial charge in [0.15, 0.2) is 0 Å².